The minimum atomic E-state index is -1.17. The molecule has 2 aromatic heterocycles. The maximum atomic E-state index is 11.6. The highest BCUT2D eigenvalue weighted by atomic mass is 79.9. The third-order valence-electron chi connectivity index (χ3n) is 2.14. The standard InChI is InChI=1S/C10H9BrN4O3S/c11-6-1-7(19-5-6)2-12-9(16)4-15-3-8(10(17)18)13-14-15/h1,3,5H,2,4H2,(H,12,16)(H,17,18). The van der Waals surface area contributed by atoms with Gasteiger partial charge < -0.3 is 10.4 Å². The van der Waals surface area contributed by atoms with Gasteiger partial charge in [0.25, 0.3) is 0 Å². The molecule has 0 bridgehead atoms. The van der Waals surface area contributed by atoms with Crippen molar-refractivity contribution in [2.24, 2.45) is 0 Å². The number of rotatable bonds is 5. The number of carboxylic acids is 1. The minimum Gasteiger partial charge on any atom is -0.476 e. The highest BCUT2D eigenvalue weighted by Crippen LogP contribution is 2.19. The van der Waals surface area contributed by atoms with E-state index in [-0.39, 0.29) is 18.1 Å². The second-order valence-electron chi connectivity index (χ2n) is 3.61. The summed E-state index contributed by atoms with van der Waals surface area (Å²) in [6, 6.07) is 1.92. The number of nitrogens with one attached hydrogen (secondary N) is 1. The van der Waals surface area contributed by atoms with E-state index in [2.05, 4.69) is 31.6 Å². The lowest BCUT2D eigenvalue weighted by atomic mass is 10.4. The van der Waals surface area contributed by atoms with Crippen LogP contribution in [-0.4, -0.2) is 32.0 Å². The number of aromatic nitrogens is 3. The van der Waals surface area contributed by atoms with E-state index in [1.807, 2.05) is 11.4 Å². The molecular formula is C10H9BrN4O3S. The summed E-state index contributed by atoms with van der Waals surface area (Å²) in [6.45, 7) is 0.364. The maximum Gasteiger partial charge on any atom is 0.358 e. The van der Waals surface area contributed by atoms with Gasteiger partial charge in [-0.2, -0.15) is 0 Å². The molecule has 0 radical (unpaired) electrons. The average molecular weight is 345 g/mol. The van der Waals surface area contributed by atoms with Crippen molar-refractivity contribution >= 4 is 39.1 Å². The first kappa shape index (κ1) is 13.7. The van der Waals surface area contributed by atoms with Crippen molar-refractivity contribution in [2.45, 2.75) is 13.1 Å². The molecule has 7 nitrogen and oxygen atoms in total. The van der Waals surface area contributed by atoms with Crippen LogP contribution in [0.2, 0.25) is 0 Å². The Morgan fingerprint density at radius 2 is 2.32 bits per heavy atom. The highest BCUT2D eigenvalue weighted by Gasteiger charge is 2.10. The lowest BCUT2D eigenvalue weighted by molar-refractivity contribution is -0.122. The summed E-state index contributed by atoms with van der Waals surface area (Å²) in [6.07, 6.45) is 1.21. The normalized spacial score (nSPS) is 10.4. The molecule has 0 atom stereocenters. The number of halogens is 1. The Bertz CT molecular complexity index is 609. The van der Waals surface area contributed by atoms with Crippen molar-refractivity contribution in [3.8, 4) is 0 Å². The summed E-state index contributed by atoms with van der Waals surface area (Å²) < 4.78 is 2.16. The summed E-state index contributed by atoms with van der Waals surface area (Å²) in [4.78, 5) is 23.2. The van der Waals surface area contributed by atoms with Crippen molar-refractivity contribution < 1.29 is 14.7 Å². The van der Waals surface area contributed by atoms with Gasteiger partial charge in [0, 0.05) is 14.7 Å². The van der Waals surface area contributed by atoms with Gasteiger partial charge in [-0.1, -0.05) is 5.21 Å². The van der Waals surface area contributed by atoms with Crippen LogP contribution in [0.15, 0.2) is 22.1 Å². The fourth-order valence-corrected chi connectivity index (χ4v) is 2.70. The van der Waals surface area contributed by atoms with Crippen LogP contribution >= 0.6 is 27.3 Å². The molecule has 0 unspecified atom stereocenters. The molecular weight excluding hydrogens is 336 g/mol. The monoisotopic (exact) mass is 344 g/mol. The predicted octanol–water partition coefficient (Wildman–Crippen LogP) is 1.12. The Morgan fingerprint density at radius 3 is 2.89 bits per heavy atom. The SMILES string of the molecule is O=C(Cn1cc(C(=O)O)nn1)NCc1cc(Br)cs1. The van der Waals surface area contributed by atoms with Crippen molar-refractivity contribution in [3.63, 3.8) is 0 Å². The lowest BCUT2D eigenvalue weighted by Crippen LogP contribution is -2.27. The average Bonchev–Trinajstić information content (AvgIpc) is 2.96. The third-order valence-corrected chi connectivity index (χ3v) is 3.84. The fourth-order valence-electron chi connectivity index (χ4n) is 1.31. The maximum absolute atomic E-state index is 11.6. The van der Waals surface area contributed by atoms with Gasteiger partial charge in [-0.05, 0) is 22.0 Å². The molecule has 0 spiro atoms. The Balaban J connectivity index is 1.85. The van der Waals surface area contributed by atoms with Crippen molar-refractivity contribution in [2.75, 3.05) is 0 Å². The number of nitrogens with zero attached hydrogens (tertiary/aromatic N) is 3. The van der Waals surface area contributed by atoms with Crippen LogP contribution in [0, 0.1) is 0 Å². The molecule has 0 saturated heterocycles. The fraction of sp³-hybridized carbons (Fsp3) is 0.200. The zero-order chi connectivity index (χ0) is 13.8. The Kier molecular flexibility index (Phi) is 4.27. The number of thiophene rings is 1. The Hall–Kier alpha value is -1.74. The molecule has 0 aliphatic heterocycles. The van der Waals surface area contributed by atoms with E-state index in [0.29, 0.717) is 6.54 Å². The summed E-state index contributed by atoms with van der Waals surface area (Å²) in [7, 11) is 0. The van der Waals surface area contributed by atoms with E-state index < -0.39 is 5.97 Å². The van der Waals surface area contributed by atoms with E-state index in [1.54, 1.807) is 0 Å². The molecule has 19 heavy (non-hydrogen) atoms. The number of amides is 1. The van der Waals surface area contributed by atoms with Gasteiger partial charge >= 0.3 is 5.97 Å². The topological polar surface area (TPSA) is 97.1 Å². The summed E-state index contributed by atoms with van der Waals surface area (Å²) in [5.41, 5.74) is -0.185. The molecule has 0 saturated carbocycles. The van der Waals surface area contributed by atoms with Gasteiger partial charge in [0.15, 0.2) is 5.69 Å². The van der Waals surface area contributed by atoms with E-state index in [0.717, 1.165) is 9.35 Å². The summed E-state index contributed by atoms with van der Waals surface area (Å²) >= 11 is 4.86. The molecule has 2 heterocycles. The number of carbonyl (C=O) groups excluding carboxylic acids is 1. The number of hydrogen-bond acceptors (Lipinski definition) is 5. The molecule has 9 heteroatoms. The zero-order valence-corrected chi connectivity index (χ0v) is 11.9. The van der Waals surface area contributed by atoms with E-state index in [4.69, 9.17) is 5.11 Å². The van der Waals surface area contributed by atoms with Crippen LogP contribution in [0.1, 0.15) is 15.4 Å². The first-order chi connectivity index (χ1) is 9.04. The van der Waals surface area contributed by atoms with Gasteiger partial charge in [-0.25, -0.2) is 9.48 Å². The first-order valence-electron chi connectivity index (χ1n) is 5.17. The number of aromatic carboxylic acids is 1. The molecule has 0 fully saturated rings. The quantitative estimate of drug-likeness (QED) is 0.846. The van der Waals surface area contributed by atoms with Crippen molar-refractivity contribution in [1.82, 2.24) is 20.3 Å². The molecule has 2 N–H and O–H groups in total. The van der Waals surface area contributed by atoms with Crippen LogP contribution in [0.5, 0.6) is 0 Å². The van der Waals surface area contributed by atoms with Crippen LogP contribution < -0.4 is 5.32 Å². The largest absolute Gasteiger partial charge is 0.476 e. The van der Waals surface area contributed by atoms with E-state index in [1.165, 1.54) is 22.2 Å². The molecule has 0 aliphatic rings. The second kappa shape index (κ2) is 5.93. The number of carbonyl (C=O) groups is 2. The van der Waals surface area contributed by atoms with Crippen molar-refractivity contribution in [3.05, 3.63) is 32.7 Å². The Morgan fingerprint density at radius 1 is 1.53 bits per heavy atom. The summed E-state index contributed by atoms with van der Waals surface area (Å²) in [5, 5.41) is 20.3. The smallest absolute Gasteiger partial charge is 0.358 e. The van der Waals surface area contributed by atoms with Gasteiger partial charge in [-0.3, -0.25) is 4.79 Å². The van der Waals surface area contributed by atoms with E-state index >= 15 is 0 Å². The molecule has 100 valence electrons. The second-order valence-corrected chi connectivity index (χ2v) is 5.53. The highest BCUT2D eigenvalue weighted by molar-refractivity contribution is 9.10. The molecule has 0 aromatic carbocycles. The predicted molar refractivity (Wildman–Crippen MR) is 70.8 cm³/mol. The van der Waals surface area contributed by atoms with Gasteiger partial charge in [0.2, 0.25) is 5.91 Å². The van der Waals surface area contributed by atoms with Crippen LogP contribution in [-0.2, 0) is 17.9 Å². The lowest BCUT2D eigenvalue weighted by Gasteiger charge is -2.02. The van der Waals surface area contributed by atoms with Crippen LogP contribution in [0.4, 0.5) is 0 Å². The molecule has 2 aromatic rings. The molecule has 0 aliphatic carbocycles. The van der Waals surface area contributed by atoms with E-state index in [9.17, 15) is 9.59 Å². The van der Waals surface area contributed by atoms with Crippen LogP contribution in [0.3, 0.4) is 0 Å². The number of carboxylic acid groups (broad SMARTS) is 1. The molecule has 1 amide bonds. The van der Waals surface area contributed by atoms with Gasteiger partial charge in [-0.15, -0.1) is 16.4 Å². The Labute approximate surface area is 120 Å². The van der Waals surface area contributed by atoms with Gasteiger partial charge in [0.05, 0.1) is 12.7 Å². The minimum absolute atomic E-state index is 0.0627. The third kappa shape index (κ3) is 3.86. The zero-order valence-electron chi connectivity index (χ0n) is 9.54. The molecule has 2 rings (SSSR count). The summed E-state index contributed by atoms with van der Waals surface area (Å²) in [5.74, 6) is -1.43. The van der Waals surface area contributed by atoms with Gasteiger partial charge in [0.1, 0.15) is 6.54 Å². The van der Waals surface area contributed by atoms with Crippen LogP contribution in [0.25, 0.3) is 0 Å². The first-order valence-corrected chi connectivity index (χ1v) is 6.85. The number of hydrogen-bond donors (Lipinski definition) is 2. The van der Waals surface area contributed by atoms with Crippen molar-refractivity contribution in [1.29, 1.82) is 0 Å².